The van der Waals surface area contributed by atoms with Crippen LogP contribution in [0.25, 0.3) is 0 Å². The molecule has 10 heteroatoms. The third-order valence-corrected chi connectivity index (χ3v) is 6.65. The smallest absolute Gasteiger partial charge is 0.412 e. The van der Waals surface area contributed by atoms with Crippen molar-refractivity contribution < 1.29 is 32.6 Å². The van der Waals surface area contributed by atoms with Crippen LogP contribution in [0.5, 0.6) is 11.5 Å². The lowest BCUT2D eigenvalue weighted by molar-refractivity contribution is -0.131. The van der Waals surface area contributed by atoms with Gasteiger partial charge in [-0.05, 0) is 68.3 Å². The highest BCUT2D eigenvalue weighted by molar-refractivity contribution is 5.92. The molecule has 5 rings (SSSR count). The highest BCUT2D eigenvalue weighted by atomic mass is 19.1. The van der Waals surface area contributed by atoms with Gasteiger partial charge in [0.25, 0.3) is 5.91 Å². The second-order valence-electron chi connectivity index (χ2n) is 10.8. The Morgan fingerprint density at radius 2 is 1.44 bits per heavy atom. The summed E-state index contributed by atoms with van der Waals surface area (Å²) in [6.07, 6.45) is 0.662. The number of halogens is 2. The molecular weight excluding hydrogens is 532 g/mol. The van der Waals surface area contributed by atoms with Gasteiger partial charge in [-0.25, -0.2) is 13.6 Å². The molecular formula is C31H31F2N3O5. The molecule has 0 spiro atoms. The van der Waals surface area contributed by atoms with E-state index in [1.807, 2.05) is 0 Å². The maximum Gasteiger partial charge on any atom is 0.412 e. The van der Waals surface area contributed by atoms with Crippen LogP contribution in [0.15, 0.2) is 78.8 Å². The number of nitrogens with zero attached hydrogens (tertiary/aromatic N) is 2. The van der Waals surface area contributed by atoms with Crippen LogP contribution in [0.2, 0.25) is 0 Å². The molecule has 0 aromatic heterocycles. The van der Waals surface area contributed by atoms with E-state index in [-0.39, 0.29) is 29.3 Å². The van der Waals surface area contributed by atoms with E-state index in [0.717, 1.165) is 11.1 Å². The van der Waals surface area contributed by atoms with Gasteiger partial charge in [-0.1, -0.05) is 24.3 Å². The zero-order valence-corrected chi connectivity index (χ0v) is 23.0. The van der Waals surface area contributed by atoms with E-state index in [1.165, 1.54) is 30.5 Å². The molecule has 8 nitrogen and oxygen atoms in total. The summed E-state index contributed by atoms with van der Waals surface area (Å²) in [7, 11) is 0. The third kappa shape index (κ3) is 6.83. The number of fused-ring (bicyclic) bond motifs is 1. The average molecular weight is 564 g/mol. The number of carbonyl (C=O) groups is 2. The van der Waals surface area contributed by atoms with Gasteiger partial charge in [-0.2, -0.15) is 0 Å². The summed E-state index contributed by atoms with van der Waals surface area (Å²) in [5.41, 5.74) is 1.57. The minimum Gasteiger partial charge on any atom is -0.457 e. The van der Waals surface area contributed by atoms with E-state index in [4.69, 9.17) is 14.2 Å². The molecule has 0 radical (unpaired) electrons. The van der Waals surface area contributed by atoms with Gasteiger partial charge in [0.15, 0.2) is 11.5 Å². The minimum absolute atomic E-state index is 0.0485. The Morgan fingerprint density at radius 3 is 2.00 bits per heavy atom. The van der Waals surface area contributed by atoms with E-state index < -0.39 is 11.7 Å². The Morgan fingerprint density at radius 1 is 0.854 bits per heavy atom. The van der Waals surface area contributed by atoms with Gasteiger partial charge in [0, 0.05) is 37.9 Å². The molecule has 41 heavy (non-hydrogen) atoms. The second-order valence-corrected chi connectivity index (χ2v) is 10.8. The summed E-state index contributed by atoms with van der Waals surface area (Å²) >= 11 is 0. The predicted octanol–water partition coefficient (Wildman–Crippen LogP) is 5.86. The van der Waals surface area contributed by atoms with Crippen LogP contribution in [-0.2, 0) is 9.53 Å². The molecule has 214 valence electrons. The fourth-order valence-corrected chi connectivity index (χ4v) is 4.78. The van der Waals surface area contributed by atoms with Crippen LogP contribution >= 0.6 is 0 Å². The van der Waals surface area contributed by atoms with Gasteiger partial charge >= 0.3 is 6.09 Å². The number of nitrogens with one attached hydrogen (secondary N) is 1. The van der Waals surface area contributed by atoms with Crippen molar-refractivity contribution in [2.75, 3.05) is 31.5 Å². The van der Waals surface area contributed by atoms with Crippen LogP contribution < -0.4 is 14.8 Å². The lowest BCUT2D eigenvalue weighted by Crippen LogP contribution is -2.50. The van der Waals surface area contributed by atoms with Crippen molar-refractivity contribution in [3.63, 3.8) is 0 Å². The average Bonchev–Trinajstić information content (AvgIpc) is 2.94. The molecule has 1 fully saturated rings. The number of carbonyl (C=O) groups excluding carboxylic acids is 2. The SMILES string of the molecule is CC(C)(C)OC(=O)Nc1ccc2c(c1)OC=C(C(=O)N1CCN(C(c3ccc(F)cc3)c3ccc(F)cc3)CC1)O2. The Balaban J connectivity index is 1.23. The molecule has 1 saturated heterocycles. The lowest BCUT2D eigenvalue weighted by Gasteiger charge is -2.40. The molecule has 3 aromatic rings. The van der Waals surface area contributed by atoms with Gasteiger partial charge in [-0.15, -0.1) is 0 Å². The van der Waals surface area contributed by atoms with Crippen molar-refractivity contribution in [2.45, 2.75) is 32.4 Å². The highest BCUT2D eigenvalue weighted by Gasteiger charge is 2.31. The molecule has 0 unspecified atom stereocenters. The normalized spacial score (nSPS) is 15.4. The number of hydrogen-bond donors (Lipinski definition) is 1. The lowest BCUT2D eigenvalue weighted by atomic mass is 9.96. The van der Waals surface area contributed by atoms with Crippen molar-refractivity contribution in [2.24, 2.45) is 0 Å². The maximum absolute atomic E-state index is 13.6. The number of piperazine rings is 1. The molecule has 2 aliphatic heterocycles. The third-order valence-electron chi connectivity index (χ3n) is 6.65. The number of anilines is 1. The van der Waals surface area contributed by atoms with E-state index in [2.05, 4.69) is 10.2 Å². The van der Waals surface area contributed by atoms with Crippen LogP contribution in [0, 0.1) is 11.6 Å². The number of rotatable bonds is 5. The molecule has 1 N–H and O–H groups in total. The van der Waals surface area contributed by atoms with E-state index >= 15 is 0 Å². The first kappa shape index (κ1) is 28.1. The number of amides is 2. The van der Waals surface area contributed by atoms with Crippen LogP contribution in [0.3, 0.4) is 0 Å². The zero-order chi connectivity index (χ0) is 29.1. The highest BCUT2D eigenvalue weighted by Crippen LogP contribution is 2.36. The Labute approximate surface area is 237 Å². The summed E-state index contributed by atoms with van der Waals surface area (Å²) in [6, 6.07) is 17.1. The minimum atomic E-state index is -0.635. The monoisotopic (exact) mass is 563 g/mol. The largest absolute Gasteiger partial charge is 0.457 e. The first-order valence-corrected chi connectivity index (χ1v) is 13.3. The summed E-state index contributed by atoms with van der Waals surface area (Å²) in [5.74, 6) is -0.235. The first-order chi connectivity index (χ1) is 19.6. The molecule has 0 atom stereocenters. The van der Waals surface area contributed by atoms with Gasteiger partial charge in [-0.3, -0.25) is 15.0 Å². The van der Waals surface area contributed by atoms with E-state index in [9.17, 15) is 18.4 Å². The number of hydrogen-bond acceptors (Lipinski definition) is 6. The Hall–Kier alpha value is -4.44. The summed E-state index contributed by atoms with van der Waals surface area (Å²) in [6.45, 7) is 7.23. The number of benzene rings is 3. The van der Waals surface area contributed by atoms with Crippen LogP contribution in [-0.4, -0.2) is 53.6 Å². The van der Waals surface area contributed by atoms with E-state index in [1.54, 1.807) is 68.1 Å². The van der Waals surface area contributed by atoms with Crippen LogP contribution in [0.1, 0.15) is 37.9 Å². The van der Waals surface area contributed by atoms with Crippen molar-refractivity contribution >= 4 is 17.7 Å². The van der Waals surface area contributed by atoms with Crippen molar-refractivity contribution in [1.82, 2.24) is 9.80 Å². The van der Waals surface area contributed by atoms with Gasteiger partial charge in [0.2, 0.25) is 5.76 Å². The zero-order valence-electron chi connectivity index (χ0n) is 23.0. The fraction of sp³-hybridized carbons (Fsp3) is 0.290. The summed E-state index contributed by atoms with van der Waals surface area (Å²) in [5, 5.41) is 2.64. The number of ether oxygens (including phenoxy) is 3. The van der Waals surface area contributed by atoms with Gasteiger partial charge in [0.1, 0.15) is 23.5 Å². The topological polar surface area (TPSA) is 80.3 Å². The maximum atomic E-state index is 13.6. The molecule has 3 aromatic carbocycles. The molecule has 2 heterocycles. The molecule has 2 amide bonds. The van der Waals surface area contributed by atoms with E-state index in [0.29, 0.717) is 43.4 Å². The first-order valence-electron chi connectivity index (χ1n) is 13.3. The summed E-state index contributed by atoms with van der Waals surface area (Å²) < 4.78 is 44.0. The quantitative estimate of drug-likeness (QED) is 0.419. The van der Waals surface area contributed by atoms with Crippen molar-refractivity contribution in [3.8, 4) is 11.5 Å². The Bertz CT molecular complexity index is 1400. The second kappa shape index (κ2) is 11.6. The molecule has 0 bridgehead atoms. The predicted molar refractivity (Wildman–Crippen MR) is 148 cm³/mol. The summed E-state index contributed by atoms with van der Waals surface area (Å²) in [4.78, 5) is 29.2. The fourth-order valence-electron chi connectivity index (χ4n) is 4.78. The molecule has 2 aliphatic rings. The molecule has 0 aliphatic carbocycles. The Kier molecular flexibility index (Phi) is 7.94. The van der Waals surface area contributed by atoms with Gasteiger partial charge in [0.05, 0.1) is 6.04 Å². The van der Waals surface area contributed by atoms with Crippen molar-refractivity contribution in [3.05, 3.63) is 102 Å². The van der Waals surface area contributed by atoms with Crippen LogP contribution in [0.4, 0.5) is 19.3 Å². The van der Waals surface area contributed by atoms with Crippen molar-refractivity contribution in [1.29, 1.82) is 0 Å². The van der Waals surface area contributed by atoms with Gasteiger partial charge < -0.3 is 19.1 Å². The molecule has 0 saturated carbocycles. The standard InChI is InChI=1S/C31H31F2N3O5/c1-31(2,3)41-30(38)34-24-12-13-25-26(18-24)39-19-27(40-25)29(37)36-16-14-35(15-17-36)28(20-4-8-22(32)9-5-20)21-6-10-23(33)11-7-21/h4-13,18-19,28H,14-17H2,1-3H3,(H,34,38).